The van der Waals surface area contributed by atoms with Crippen LogP contribution in [0.4, 0.5) is 0 Å². The summed E-state index contributed by atoms with van der Waals surface area (Å²) in [5.74, 6) is -0.690. The minimum Gasteiger partial charge on any atom is -0.456 e. The molecule has 0 radical (unpaired) electrons. The summed E-state index contributed by atoms with van der Waals surface area (Å²) in [6.07, 6.45) is 0. The van der Waals surface area contributed by atoms with Crippen LogP contribution in [0, 0.1) is 6.92 Å². The van der Waals surface area contributed by atoms with Gasteiger partial charge in [0.1, 0.15) is 6.61 Å². The zero-order valence-electron chi connectivity index (χ0n) is 16.8. The zero-order valence-corrected chi connectivity index (χ0v) is 18.4. The Kier molecular flexibility index (Phi) is 5.61. The summed E-state index contributed by atoms with van der Waals surface area (Å²) in [4.78, 5) is 30.1. The van der Waals surface area contributed by atoms with Crippen molar-refractivity contribution < 1.29 is 17.9 Å². The molecular formula is C21H19N3O5S2. The smallest absolute Gasteiger partial charge is 0.338 e. The van der Waals surface area contributed by atoms with Crippen molar-refractivity contribution >= 4 is 42.5 Å². The van der Waals surface area contributed by atoms with Crippen molar-refractivity contribution in [2.75, 3.05) is 6.54 Å². The van der Waals surface area contributed by atoms with Gasteiger partial charge in [0.2, 0.25) is 10.0 Å². The van der Waals surface area contributed by atoms with E-state index in [2.05, 4.69) is 9.71 Å². The van der Waals surface area contributed by atoms with Crippen LogP contribution in [0.15, 0.2) is 58.2 Å². The SMILES string of the molecule is CCNS(=O)(=O)c1ccc(C)c(C(=O)OCc2cc(=O)n3c(n2)sc2ccccc23)c1. The number of hydrogen-bond acceptors (Lipinski definition) is 7. The van der Waals surface area contributed by atoms with Crippen LogP contribution in [0.25, 0.3) is 15.2 Å². The Morgan fingerprint density at radius 3 is 2.74 bits per heavy atom. The maximum Gasteiger partial charge on any atom is 0.338 e. The molecule has 0 saturated heterocycles. The van der Waals surface area contributed by atoms with Gasteiger partial charge in [0.15, 0.2) is 4.96 Å². The lowest BCUT2D eigenvalue weighted by Crippen LogP contribution is -2.23. The third-order valence-corrected chi connectivity index (χ3v) is 7.24. The Hall–Kier alpha value is -3.08. The van der Waals surface area contributed by atoms with Crippen LogP contribution in [0.1, 0.15) is 28.5 Å². The van der Waals surface area contributed by atoms with Crippen LogP contribution in [0.2, 0.25) is 0 Å². The molecule has 4 aromatic rings. The van der Waals surface area contributed by atoms with Gasteiger partial charge in [-0.3, -0.25) is 9.20 Å². The number of aromatic nitrogens is 2. The average molecular weight is 458 g/mol. The molecule has 31 heavy (non-hydrogen) atoms. The highest BCUT2D eigenvalue weighted by atomic mass is 32.2. The van der Waals surface area contributed by atoms with E-state index in [1.165, 1.54) is 33.9 Å². The molecule has 2 aromatic heterocycles. The minimum absolute atomic E-state index is 0.0186. The molecule has 0 aliphatic rings. The summed E-state index contributed by atoms with van der Waals surface area (Å²) in [6, 6.07) is 13.1. The highest BCUT2D eigenvalue weighted by Gasteiger charge is 2.19. The molecule has 2 aromatic carbocycles. The number of carbonyl (C=O) groups is 1. The van der Waals surface area contributed by atoms with E-state index >= 15 is 0 Å². The first-order valence-corrected chi connectivity index (χ1v) is 11.8. The zero-order chi connectivity index (χ0) is 22.2. The minimum atomic E-state index is -3.71. The normalized spacial score (nSPS) is 11.8. The van der Waals surface area contributed by atoms with Crippen LogP contribution in [-0.4, -0.2) is 30.3 Å². The molecule has 8 nitrogen and oxygen atoms in total. The number of carbonyl (C=O) groups excluding carboxylic acids is 1. The fourth-order valence-electron chi connectivity index (χ4n) is 3.18. The standard InChI is InChI=1S/C21H19N3O5S2/c1-3-22-31(27,28)15-9-8-13(2)16(11-15)20(26)29-12-14-10-19(25)24-17-6-4-5-7-18(17)30-21(24)23-14/h4-11,22H,3,12H2,1-2H3. The number of hydrogen-bond donors (Lipinski definition) is 1. The summed E-state index contributed by atoms with van der Waals surface area (Å²) >= 11 is 1.37. The molecule has 0 bridgehead atoms. The second-order valence-electron chi connectivity index (χ2n) is 6.83. The maximum atomic E-state index is 12.6. The lowest BCUT2D eigenvalue weighted by atomic mass is 10.1. The van der Waals surface area contributed by atoms with Gasteiger partial charge in [-0.1, -0.05) is 36.5 Å². The highest BCUT2D eigenvalue weighted by molar-refractivity contribution is 7.89. The molecular weight excluding hydrogens is 438 g/mol. The van der Waals surface area contributed by atoms with E-state index in [-0.39, 0.29) is 29.2 Å². The fourth-order valence-corrected chi connectivity index (χ4v) is 5.29. The van der Waals surface area contributed by atoms with Crippen LogP contribution in [-0.2, 0) is 21.4 Å². The predicted molar refractivity (Wildman–Crippen MR) is 118 cm³/mol. The van der Waals surface area contributed by atoms with Gasteiger partial charge in [-0.05, 0) is 36.8 Å². The van der Waals surface area contributed by atoms with E-state index in [1.54, 1.807) is 19.9 Å². The molecule has 0 saturated carbocycles. The number of rotatable bonds is 6. The van der Waals surface area contributed by atoms with Gasteiger partial charge >= 0.3 is 5.97 Å². The van der Waals surface area contributed by atoms with Crippen LogP contribution in [0.3, 0.4) is 0 Å². The Balaban J connectivity index is 1.60. The van der Waals surface area contributed by atoms with Gasteiger partial charge < -0.3 is 4.74 Å². The van der Waals surface area contributed by atoms with Crippen molar-refractivity contribution in [2.45, 2.75) is 25.3 Å². The number of aryl methyl sites for hydroxylation is 1. The van der Waals surface area contributed by atoms with Gasteiger partial charge in [0.25, 0.3) is 5.56 Å². The number of nitrogens with one attached hydrogen (secondary N) is 1. The molecule has 1 N–H and O–H groups in total. The third kappa shape index (κ3) is 4.09. The molecule has 0 unspecified atom stereocenters. The van der Waals surface area contributed by atoms with Gasteiger partial charge in [0, 0.05) is 12.6 Å². The van der Waals surface area contributed by atoms with Crippen LogP contribution in [0.5, 0.6) is 0 Å². The highest BCUT2D eigenvalue weighted by Crippen LogP contribution is 2.23. The second kappa shape index (κ2) is 8.22. The molecule has 160 valence electrons. The third-order valence-electron chi connectivity index (χ3n) is 4.67. The van der Waals surface area contributed by atoms with Crippen LogP contribution >= 0.6 is 11.3 Å². The number of thiazole rings is 1. The first-order valence-electron chi connectivity index (χ1n) is 9.48. The van der Waals surface area contributed by atoms with Crippen molar-refractivity contribution in [3.8, 4) is 0 Å². The number of ether oxygens (including phenoxy) is 1. The van der Waals surface area contributed by atoms with Crippen LogP contribution < -0.4 is 10.3 Å². The molecule has 0 fully saturated rings. The van der Waals surface area contributed by atoms with E-state index < -0.39 is 16.0 Å². The van der Waals surface area contributed by atoms with Crippen molar-refractivity contribution in [3.05, 3.63) is 75.7 Å². The van der Waals surface area contributed by atoms with Crippen molar-refractivity contribution in [1.29, 1.82) is 0 Å². The summed E-state index contributed by atoms with van der Waals surface area (Å²) in [5.41, 5.74) is 1.55. The van der Waals surface area contributed by atoms with Crippen molar-refractivity contribution in [3.63, 3.8) is 0 Å². The summed E-state index contributed by atoms with van der Waals surface area (Å²) in [7, 11) is -3.71. The average Bonchev–Trinajstić information content (AvgIpc) is 3.11. The van der Waals surface area contributed by atoms with Crippen molar-refractivity contribution in [2.24, 2.45) is 0 Å². The Morgan fingerprint density at radius 1 is 1.19 bits per heavy atom. The Bertz CT molecular complexity index is 1470. The number of para-hydroxylation sites is 1. The Labute approximate surface area is 182 Å². The summed E-state index contributed by atoms with van der Waals surface area (Å²) < 4.78 is 34.6. The van der Waals surface area contributed by atoms with Gasteiger partial charge in [-0.25, -0.2) is 22.9 Å². The monoisotopic (exact) mass is 457 g/mol. The number of benzene rings is 2. The van der Waals surface area contributed by atoms with Gasteiger partial charge in [0.05, 0.1) is 26.4 Å². The molecule has 2 heterocycles. The lowest BCUT2D eigenvalue weighted by molar-refractivity contribution is 0.0466. The molecule has 0 spiro atoms. The maximum absolute atomic E-state index is 12.6. The first-order chi connectivity index (χ1) is 14.8. The number of sulfonamides is 1. The molecule has 0 aliphatic heterocycles. The predicted octanol–water partition coefficient (Wildman–Crippen LogP) is 2.87. The van der Waals surface area contributed by atoms with E-state index in [4.69, 9.17) is 4.74 Å². The van der Waals surface area contributed by atoms with E-state index in [0.717, 1.165) is 10.2 Å². The van der Waals surface area contributed by atoms with E-state index in [1.807, 2.05) is 24.3 Å². The van der Waals surface area contributed by atoms with Gasteiger partial charge in [-0.2, -0.15) is 0 Å². The van der Waals surface area contributed by atoms with E-state index in [9.17, 15) is 18.0 Å². The largest absolute Gasteiger partial charge is 0.456 e. The topological polar surface area (TPSA) is 107 Å². The second-order valence-corrected chi connectivity index (χ2v) is 9.60. The molecule has 4 rings (SSSR count). The fraction of sp³-hybridized carbons (Fsp3) is 0.190. The Morgan fingerprint density at radius 2 is 1.97 bits per heavy atom. The van der Waals surface area contributed by atoms with Crippen molar-refractivity contribution in [1.82, 2.24) is 14.1 Å². The molecule has 0 amide bonds. The summed E-state index contributed by atoms with van der Waals surface area (Å²) in [6.45, 7) is 3.39. The number of fused-ring (bicyclic) bond motifs is 3. The summed E-state index contributed by atoms with van der Waals surface area (Å²) in [5, 5.41) is 0. The number of esters is 1. The number of nitrogens with zero attached hydrogens (tertiary/aromatic N) is 2. The van der Waals surface area contributed by atoms with E-state index in [0.29, 0.717) is 16.2 Å². The molecule has 10 heteroatoms. The molecule has 0 atom stereocenters. The molecule has 0 aliphatic carbocycles. The first kappa shape index (κ1) is 21.2. The quantitative estimate of drug-likeness (QED) is 0.446. The lowest BCUT2D eigenvalue weighted by Gasteiger charge is -2.10. The van der Waals surface area contributed by atoms with Gasteiger partial charge in [-0.15, -0.1) is 0 Å².